The lowest BCUT2D eigenvalue weighted by molar-refractivity contribution is 0.179. The van der Waals surface area contributed by atoms with Crippen LogP contribution in [0.25, 0.3) is 6.08 Å². The smallest absolute Gasteiger partial charge is 0.126 e. The van der Waals surface area contributed by atoms with Gasteiger partial charge in [-0.2, -0.15) is 0 Å². The quantitative estimate of drug-likeness (QED) is 0.860. The van der Waals surface area contributed by atoms with Crippen LogP contribution in [0.4, 0.5) is 0 Å². The lowest BCUT2D eigenvalue weighted by Crippen LogP contribution is -2.21. The van der Waals surface area contributed by atoms with E-state index in [0.29, 0.717) is 0 Å². The van der Waals surface area contributed by atoms with Gasteiger partial charge in [0.05, 0.1) is 13.2 Å². The van der Waals surface area contributed by atoms with Crippen molar-refractivity contribution in [2.24, 2.45) is 0 Å². The number of para-hydroxylation sites is 1. The fourth-order valence-corrected chi connectivity index (χ4v) is 2.11. The molecule has 0 amide bonds. The van der Waals surface area contributed by atoms with E-state index >= 15 is 0 Å². The maximum atomic E-state index is 9.41. The van der Waals surface area contributed by atoms with Crippen molar-refractivity contribution >= 4 is 6.08 Å². The van der Waals surface area contributed by atoms with Crippen LogP contribution >= 0.6 is 0 Å². The number of aliphatic hydroxyl groups excluding tert-OH is 1. The van der Waals surface area contributed by atoms with Gasteiger partial charge < -0.3 is 9.84 Å². The summed E-state index contributed by atoms with van der Waals surface area (Å²) in [6.07, 6.45) is 4.94. The Balaban J connectivity index is 1.91. The number of benzene rings is 1. The first-order valence-electron chi connectivity index (χ1n) is 5.99. The highest BCUT2D eigenvalue weighted by Crippen LogP contribution is 2.18. The van der Waals surface area contributed by atoms with Crippen LogP contribution in [-0.4, -0.2) is 42.9 Å². The molecule has 17 heavy (non-hydrogen) atoms. The summed E-state index contributed by atoms with van der Waals surface area (Å²) in [6.45, 7) is 2.66. The van der Waals surface area contributed by atoms with E-state index in [1.54, 1.807) is 7.11 Å². The van der Waals surface area contributed by atoms with E-state index in [0.717, 1.165) is 37.4 Å². The van der Waals surface area contributed by atoms with Gasteiger partial charge in [0, 0.05) is 25.2 Å². The Morgan fingerprint density at radius 2 is 2.29 bits per heavy atom. The summed E-state index contributed by atoms with van der Waals surface area (Å²) in [4.78, 5) is 2.25. The van der Waals surface area contributed by atoms with Crippen LogP contribution in [0, 0.1) is 0 Å². The molecule has 0 aliphatic carbocycles. The Kier molecular flexibility index (Phi) is 4.18. The van der Waals surface area contributed by atoms with Crippen LogP contribution in [0.5, 0.6) is 5.75 Å². The minimum absolute atomic E-state index is 0.144. The van der Waals surface area contributed by atoms with E-state index in [1.807, 2.05) is 24.3 Å². The number of hydrogen-bond donors (Lipinski definition) is 1. The molecule has 1 atom stereocenters. The molecule has 1 aliphatic rings. The van der Waals surface area contributed by atoms with Gasteiger partial charge in [-0.3, -0.25) is 4.90 Å². The first-order chi connectivity index (χ1) is 8.29. The van der Waals surface area contributed by atoms with Gasteiger partial charge in [0.2, 0.25) is 0 Å². The third-order valence-electron chi connectivity index (χ3n) is 3.05. The zero-order valence-corrected chi connectivity index (χ0v) is 10.2. The summed E-state index contributed by atoms with van der Waals surface area (Å²) in [7, 11) is 1.68. The number of methoxy groups -OCH3 is 1. The van der Waals surface area contributed by atoms with E-state index in [-0.39, 0.29) is 6.10 Å². The van der Waals surface area contributed by atoms with Gasteiger partial charge in [0.1, 0.15) is 5.75 Å². The summed E-state index contributed by atoms with van der Waals surface area (Å²) in [5.74, 6) is 0.894. The molecule has 0 aromatic heterocycles. The van der Waals surface area contributed by atoms with Crippen molar-refractivity contribution in [2.45, 2.75) is 12.5 Å². The van der Waals surface area contributed by atoms with Crippen LogP contribution in [0.15, 0.2) is 30.3 Å². The Morgan fingerprint density at radius 1 is 1.47 bits per heavy atom. The molecular weight excluding hydrogens is 214 g/mol. The van der Waals surface area contributed by atoms with Crippen molar-refractivity contribution in [1.29, 1.82) is 0 Å². The number of nitrogens with zero attached hydrogens (tertiary/aromatic N) is 1. The van der Waals surface area contributed by atoms with Crippen molar-refractivity contribution < 1.29 is 9.84 Å². The molecule has 1 N–H and O–H groups in total. The molecule has 1 fully saturated rings. The zero-order valence-electron chi connectivity index (χ0n) is 10.2. The molecule has 3 heteroatoms. The van der Waals surface area contributed by atoms with Gasteiger partial charge in [-0.15, -0.1) is 0 Å². The number of rotatable bonds is 4. The first-order valence-corrected chi connectivity index (χ1v) is 5.99. The number of likely N-dealkylation sites (tertiary alicyclic amines) is 1. The topological polar surface area (TPSA) is 32.7 Å². The summed E-state index contributed by atoms with van der Waals surface area (Å²) >= 11 is 0. The zero-order chi connectivity index (χ0) is 12.1. The Bertz CT molecular complexity index is 390. The highest BCUT2D eigenvalue weighted by molar-refractivity contribution is 5.57. The molecule has 1 aliphatic heterocycles. The Hall–Kier alpha value is -1.32. The van der Waals surface area contributed by atoms with Crippen LogP contribution in [0.1, 0.15) is 12.0 Å². The molecule has 0 spiro atoms. The third kappa shape index (κ3) is 3.32. The van der Waals surface area contributed by atoms with E-state index in [2.05, 4.69) is 17.1 Å². The normalized spacial score (nSPS) is 21.2. The number of β-amino-alcohol motifs (C(OH)–C–C–N with tert-alkyl or cyclic N) is 1. The van der Waals surface area contributed by atoms with Crippen LogP contribution in [0.3, 0.4) is 0 Å². The second-order valence-electron chi connectivity index (χ2n) is 4.35. The lowest BCUT2D eigenvalue weighted by atomic mass is 10.2. The van der Waals surface area contributed by atoms with E-state index in [9.17, 15) is 5.11 Å². The van der Waals surface area contributed by atoms with Gasteiger partial charge in [0.25, 0.3) is 0 Å². The Labute approximate surface area is 102 Å². The van der Waals surface area contributed by atoms with Crippen molar-refractivity contribution in [3.05, 3.63) is 35.9 Å². The van der Waals surface area contributed by atoms with Crippen LogP contribution in [0.2, 0.25) is 0 Å². The molecule has 2 rings (SSSR count). The minimum atomic E-state index is -0.144. The number of hydrogen-bond acceptors (Lipinski definition) is 3. The first kappa shape index (κ1) is 12.1. The molecule has 0 saturated carbocycles. The standard InChI is InChI=1S/C14H19NO2/c1-17-14-7-3-2-5-12(14)6-4-9-15-10-8-13(16)11-15/h2-7,13,16H,8-11H2,1H3/b6-4+/t13-/m0/s1. The Morgan fingerprint density at radius 3 is 3.00 bits per heavy atom. The van der Waals surface area contributed by atoms with Crippen molar-refractivity contribution in [2.75, 3.05) is 26.7 Å². The largest absolute Gasteiger partial charge is 0.496 e. The summed E-state index contributed by atoms with van der Waals surface area (Å²) in [5.41, 5.74) is 1.09. The van der Waals surface area contributed by atoms with Gasteiger partial charge >= 0.3 is 0 Å². The molecule has 1 aromatic carbocycles. The van der Waals surface area contributed by atoms with E-state index < -0.39 is 0 Å². The average Bonchev–Trinajstić information content (AvgIpc) is 2.76. The second kappa shape index (κ2) is 5.84. The van der Waals surface area contributed by atoms with Gasteiger partial charge in [-0.1, -0.05) is 30.4 Å². The summed E-state index contributed by atoms with van der Waals surface area (Å²) in [5, 5.41) is 9.41. The molecule has 0 bridgehead atoms. The van der Waals surface area contributed by atoms with Gasteiger partial charge in [-0.25, -0.2) is 0 Å². The number of aliphatic hydroxyl groups is 1. The van der Waals surface area contributed by atoms with Crippen molar-refractivity contribution in [3.63, 3.8) is 0 Å². The maximum Gasteiger partial charge on any atom is 0.126 e. The fraction of sp³-hybridized carbons (Fsp3) is 0.429. The maximum absolute atomic E-state index is 9.41. The van der Waals surface area contributed by atoms with Gasteiger partial charge in [-0.05, 0) is 12.5 Å². The molecular formula is C14H19NO2. The lowest BCUT2D eigenvalue weighted by Gasteiger charge is -2.11. The predicted molar refractivity (Wildman–Crippen MR) is 69.1 cm³/mol. The number of ether oxygens (including phenoxy) is 1. The SMILES string of the molecule is COc1ccccc1/C=C/CN1CC[C@H](O)C1. The van der Waals surface area contributed by atoms with Crippen LogP contribution < -0.4 is 4.74 Å². The van der Waals surface area contributed by atoms with E-state index in [1.165, 1.54) is 0 Å². The molecule has 1 heterocycles. The highest BCUT2D eigenvalue weighted by Gasteiger charge is 2.18. The summed E-state index contributed by atoms with van der Waals surface area (Å²) in [6, 6.07) is 7.96. The molecule has 1 aromatic rings. The monoisotopic (exact) mass is 233 g/mol. The predicted octanol–water partition coefficient (Wildman–Crippen LogP) is 1.77. The van der Waals surface area contributed by atoms with Gasteiger partial charge in [0.15, 0.2) is 0 Å². The molecule has 0 radical (unpaired) electrons. The third-order valence-corrected chi connectivity index (χ3v) is 3.05. The molecule has 1 saturated heterocycles. The van der Waals surface area contributed by atoms with Crippen molar-refractivity contribution in [1.82, 2.24) is 4.90 Å². The van der Waals surface area contributed by atoms with Crippen LogP contribution in [-0.2, 0) is 0 Å². The second-order valence-corrected chi connectivity index (χ2v) is 4.35. The molecule has 92 valence electrons. The van der Waals surface area contributed by atoms with E-state index in [4.69, 9.17) is 4.74 Å². The van der Waals surface area contributed by atoms with Crippen molar-refractivity contribution in [3.8, 4) is 5.75 Å². The fourth-order valence-electron chi connectivity index (χ4n) is 2.11. The minimum Gasteiger partial charge on any atom is -0.496 e. The highest BCUT2D eigenvalue weighted by atomic mass is 16.5. The average molecular weight is 233 g/mol. The molecule has 0 unspecified atom stereocenters. The molecule has 3 nitrogen and oxygen atoms in total. The summed E-state index contributed by atoms with van der Waals surface area (Å²) < 4.78 is 5.28.